The second-order valence-corrected chi connectivity index (χ2v) is 5.58. The molecule has 3 aromatic rings. The second-order valence-electron chi connectivity index (χ2n) is 5.58. The van der Waals surface area contributed by atoms with Crippen molar-refractivity contribution in [3.63, 3.8) is 0 Å². The van der Waals surface area contributed by atoms with Crippen molar-refractivity contribution < 1.29 is 9.53 Å². The van der Waals surface area contributed by atoms with Gasteiger partial charge < -0.3 is 15.4 Å². The van der Waals surface area contributed by atoms with Gasteiger partial charge in [-0.2, -0.15) is 0 Å². The van der Waals surface area contributed by atoms with E-state index < -0.39 is 0 Å². The topological polar surface area (TPSA) is 63.2 Å². The second kappa shape index (κ2) is 7.49. The fourth-order valence-electron chi connectivity index (χ4n) is 2.34. The van der Waals surface area contributed by atoms with Gasteiger partial charge >= 0.3 is 0 Å². The molecule has 3 rings (SSSR count). The number of pyridine rings is 1. The Morgan fingerprint density at radius 3 is 2.44 bits per heavy atom. The van der Waals surface area contributed by atoms with Crippen LogP contribution in [0.15, 0.2) is 66.9 Å². The molecule has 5 nitrogen and oxygen atoms in total. The Kier molecular flexibility index (Phi) is 4.95. The smallest absolute Gasteiger partial charge is 0.255 e. The van der Waals surface area contributed by atoms with E-state index >= 15 is 0 Å². The van der Waals surface area contributed by atoms with Gasteiger partial charge in [-0.15, -0.1) is 0 Å². The summed E-state index contributed by atoms with van der Waals surface area (Å²) < 4.78 is 5.30. The van der Waals surface area contributed by atoms with Crippen molar-refractivity contribution in [3.05, 3.63) is 78.0 Å². The number of hydrogen-bond donors (Lipinski definition) is 2. The van der Waals surface area contributed by atoms with E-state index in [1.807, 2.05) is 43.3 Å². The molecule has 0 saturated carbocycles. The molecule has 0 bridgehead atoms. The van der Waals surface area contributed by atoms with Crippen LogP contribution in [0.2, 0.25) is 0 Å². The van der Waals surface area contributed by atoms with Crippen LogP contribution in [0.3, 0.4) is 0 Å². The number of carbonyl (C=O) groups is 1. The fourth-order valence-corrected chi connectivity index (χ4v) is 2.34. The first kappa shape index (κ1) is 16.5. The number of nitrogens with one attached hydrogen (secondary N) is 2. The summed E-state index contributed by atoms with van der Waals surface area (Å²) in [5.41, 5.74) is 3.19. The first-order valence-electron chi connectivity index (χ1n) is 7.90. The number of aryl methyl sites for hydroxylation is 1. The molecule has 0 radical (unpaired) electrons. The summed E-state index contributed by atoms with van der Waals surface area (Å²) in [7, 11) is 1.62. The molecule has 1 aromatic heterocycles. The molecule has 0 aliphatic carbocycles. The molecular formula is C20H19N3O2. The first-order chi connectivity index (χ1) is 12.2. The van der Waals surface area contributed by atoms with Gasteiger partial charge in [-0.25, -0.2) is 4.98 Å². The zero-order chi connectivity index (χ0) is 17.6. The summed E-state index contributed by atoms with van der Waals surface area (Å²) in [6.45, 7) is 1.99. The number of ether oxygens (including phenoxy) is 1. The lowest BCUT2D eigenvalue weighted by Gasteiger charge is -2.11. The third kappa shape index (κ3) is 4.14. The molecule has 0 atom stereocenters. The maximum Gasteiger partial charge on any atom is 0.255 e. The van der Waals surface area contributed by atoms with Gasteiger partial charge in [0, 0.05) is 5.56 Å². The van der Waals surface area contributed by atoms with E-state index in [-0.39, 0.29) is 5.91 Å². The number of nitrogens with zero attached hydrogens (tertiary/aromatic N) is 1. The minimum absolute atomic E-state index is 0.160. The van der Waals surface area contributed by atoms with Gasteiger partial charge in [-0.05, 0) is 43.3 Å². The van der Waals surface area contributed by atoms with E-state index in [1.54, 1.807) is 37.6 Å². The average Bonchev–Trinajstić information content (AvgIpc) is 2.64. The zero-order valence-corrected chi connectivity index (χ0v) is 14.1. The molecule has 1 heterocycles. The summed E-state index contributed by atoms with van der Waals surface area (Å²) in [5, 5.41) is 6.03. The molecule has 126 valence electrons. The lowest BCUT2D eigenvalue weighted by Crippen LogP contribution is -2.12. The van der Waals surface area contributed by atoms with Crippen LogP contribution in [-0.4, -0.2) is 18.0 Å². The summed E-state index contributed by atoms with van der Waals surface area (Å²) in [4.78, 5) is 16.5. The lowest BCUT2D eigenvalue weighted by atomic mass is 10.1. The molecule has 2 N–H and O–H groups in total. The first-order valence-corrected chi connectivity index (χ1v) is 7.90. The van der Waals surface area contributed by atoms with Crippen LogP contribution in [0, 0.1) is 6.92 Å². The van der Waals surface area contributed by atoms with Crippen molar-refractivity contribution in [2.24, 2.45) is 0 Å². The van der Waals surface area contributed by atoms with Gasteiger partial charge in [0.05, 0.1) is 24.7 Å². The fraction of sp³-hybridized carbons (Fsp3) is 0.100. The van der Waals surface area contributed by atoms with E-state index in [9.17, 15) is 4.79 Å². The summed E-state index contributed by atoms with van der Waals surface area (Å²) in [5.74, 6) is 1.24. The van der Waals surface area contributed by atoms with Gasteiger partial charge in [0.25, 0.3) is 5.91 Å². The van der Waals surface area contributed by atoms with Crippen molar-refractivity contribution in [2.75, 3.05) is 17.7 Å². The van der Waals surface area contributed by atoms with Crippen LogP contribution in [0.5, 0.6) is 5.75 Å². The van der Waals surface area contributed by atoms with Gasteiger partial charge in [0.1, 0.15) is 11.6 Å². The third-order valence-electron chi connectivity index (χ3n) is 3.70. The Morgan fingerprint density at radius 2 is 1.76 bits per heavy atom. The molecular weight excluding hydrogens is 314 g/mol. The van der Waals surface area contributed by atoms with Gasteiger partial charge in [0.15, 0.2) is 0 Å². The van der Waals surface area contributed by atoms with Gasteiger partial charge in [-0.1, -0.05) is 29.8 Å². The van der Waals surface area contributed by atoms with E-state index in [0.717, 1.165) is 17.0 Å². The highest BCUT2D eigenvalue weighted by atomic mass is 16.5. The molecule has 0 fully saturated rings. The lowest BCUT2D eigenvalue weighted by molar-refractivity contribution is 0.102. The van der Waals surface area contributed by atoms with Crippen LogP contribution >= 0.6 is 0 Å². The molecule has 0 aliphatic heterocycles. The van der Waals surface area contributed by atoms with Gasteiger partial charge in [0.2, 0.25) is 0 Å². The summed E-state index contributed by atoms with van der Waals surface area (Å²) >= 11 is 0. The highest BCUT2D eigenvalue weighted by molar-refractivity contribution is 6.04. The molecule has 5 heteroatoms. The predicted octanol–water partition coefficient (Wildman–Crippen LogP) is 4.39. The van der Waals surface area contributed by atoms with Crippen molar-refractivity contribution in [1.82, 2.24) is 4.98 Å². The highest BCUT2D eigenvalue weighted by Crippen LogP contribution is 2.26. The number of amides is 1. The van der Waals surface area contributed by atoms with Crippen LogP contribution in [0.25, 0.3) is 0 Å². The number of anilines is 3. The highest BCUT2D eigenvalue weighted by Gasteiger charge is 2.07. The van der Waals surface area contributed by atoms with Crippen molar-refractivity contribution in [2.45, 2.75) is 6.92 Å². The number of para-hydroxylation sites is 2. The van der Waals surface area contributed by atoms with Crippen molar-refractivity contribution >= 4 is 23.1 Å². The van der Waals surface area contributed by atoms with E-state index in [1.165, 1.54) is 0 Å². The number of rotatable bonds is 5. The van der Waals surface area contributed by atoms with E-state index in [4.69, 9.17) is 4.74 Å². The van der Waals surface area contributed by atoms with Crippen molar-refractivity contribution in [1.29, 1.82) is 0 Å². The summed E-state index contributed by atoms with van der Waals surface area (Å²) in [6.07, 6.45) is 1.61. The zero-order valence-electron chi connectivity index (χ0n) is 14.1. The van der Waals surface area contributed by atoms with Crippen LogP contribution in [0.4, 0.5) is 17.2 Å². The number of hydrogen-bond acceptors (Lipinski definition) is 4. The molecule has 2 aromatic carbocycles. The molecule has 1 amide bonds. The third-order valence-corrected chi connectivity index (χ3v) is 3.70. The molecule has 0 saturated heterocycles. The minimum Gasteiger partial charge on any atom is -0.495 e. The normalized spacial score (nSPS) is 10.2. The Balaban J connectivity index is 1.68. The Bertz CT molecular complexity index is 859. The monoisotopic (exact) mass is 333 g/mol. The summed E-state index contributed by atoms with van der Waals surface area (Å²) in [6, 6.07) is 18.6. The number of methoxy groups -OCH3 is 1. The Labute approximate surface area is 146 Å². The maximum absolute atomic E-state index is 12.2. The Hall–Kier alpha value is -3.34. The SMILES string of the molecule is COc1ccccc1Nc1ccc(NC(=O)c2ccc(C)cc2)cn1. The molecule has 0 unspecified atom stereocenters. The molecule has 0 aliphatic rings. The quantitative estimate of drug-likeness (QED) is 0.727. The van der Waals surface area contributed by atoms with Crippen molar-refractivity contribution in [3.8, 4) is 5.75 Å². The average molecular weight is 333 g/mol. The molecule has 0 spiro atoms. The van der Waals surface area contributed by atoms with Crippen LogP contribution in [0.1, 0.15) is 15.9 Å². The standard InChI is InChI=1S/C20H19N3O2/c1-14-7-9-15(10-8-14)20(24)22-16-11-12-19(21-13-16)23-17-5-3-4-6-18(17)25-2/h3-13H,1-2H3,(H,21,23)(H,22,24). The van der Waals surface area contributed by atoms with Gasteiger partial charge in [-0.3, -0.25) is 4.79 Å². The largest absolute Gasteiger partial charge is 0.495 e. The number of carbonyl (C=O) groups excluding carboxylic acids is 1. The predicted molar refractivity (Wildman–Crippen MR) is 99.6 cm³/mol. The van der Waals surface area contributed by atoms with E-state index in [2.05, 4.69) is 15.6 Å². The Morgan fingerprint density at radius 1 is 1.00 bits per heavy atom. The van der Waals surface area contributed by atoms with Crippen LogP contribution < -0.4 is 15.4 Å². The maximum atomic E-state index is 12.2. The van der Waals surface area contributed by atoms with E-state index in [0.29, 0.717) is 17.1 Å². The number of benzene rings is 2. The minimum atomic E-state index is -0.160. The van der Waals surface area contributed by atoms with Crippen LogP contribution in [-0.2, 0) is 0 Å². The number of aromatic nitrogens is 1. The molecule has 25 heavy (non-hydrogen) atoms.